The Balaban J connectivity index is 1.90. The lowest BCUT2D eigenvalue weighted by Crippen LogP contribution is -2.36. The van der Waals surface area contributed by atoms with Gasteiger partial charge in [-0.2, -0.15) is 4.31 Å². The van der Waals surface area contributed by atoms with Crippen molar-refractivity contribution in [3.8, 4) is 0 Å². The van der Waals surface area contributed by atoms with Crippen LogP contribution in [0, 0.1) is 5.92 Å². The highest BCUT2D eigenvalue weighted by Gasteiger charge is 2.37. The maximum Gasteiger partial charge on any atom is 0.244 e. The van der Waals surface area contributed by atoms with E-state index in [1.54, 1.807) is 19.3 Å². The topological polar surface area (TPSA) is 62.5 Å². The molecule has 1 unspecified atom stereocenters. The summed E-state index contributed by atoms with van der Waals surface area (Å²) in [7, 11) is -1.80. The van der Waals surface area contributed by atoms with Gasteiger partial charge in [0.15, 0.2) is 0 Å². The van der Waals surface area contributed by atoms with E-state index in [0.29, 0.717) is 22.5 Å². The number of sulfonamides is 1. The molecule has 0 saturated heterocycles. The Labute approximate surface area is 120 Å². The van der Waals surface area contributed by atoms with Gasteiger partial charge in [0.2, 0.25) is 10.0 Å². The van der Waals surface area contributed by atoms with E-state index in [1.807, 2.05) is 11.5 Å². The number of nitrogens with zero attached hydrogens (tertiary/aromatic N) is 2. The van der Waals surface area contributed by atoms with Crippen molar-refractivity contribution in [2.75, 3.05) is 7.05 Å². The van der Waals surface area contributed by atoms with Crippen molar-refractivity contribution in [2.45, 2.75) is 56.2 Å². The Morgan fingerprint density at radius 2 is 2.05 bits per heavy atom. The molecule has 2 fully saturated rings. The predicted octanol–water partition coefficient (Wildman–Crippen LogP) is 1.73. The maximum absolute atomic E-state index is 12.7. The first-order valence-corrected chi connectivity index (χ1v) is 8.68. The normalized spacial score (nSPS) is 21.4. The first-order valence-electron chi connectivity index (χ1n) is 7.24. The molecule has 0 bridgehead atoms. The molecule has 20 heavy (non-hydrogen) atoms. The number of aliphatic hydroxyl groups is 1. The Bertz CT molecular complexity index is 600. The average molecular weight is 298 g/mol. The van der Waals surface area contributed by atoms with Crippen molar-refractivity contribution in [3.63, 3.8) is 0 Å². The Hall–Kier alpha value is -0.850. The highest BCUT2D eigenvalue weighted by Crippen LogP contribution is 2.39. The minimum atomic E-state index is -3.46. The summed E-state index contributed by atoms with van der Waals surface area (Å²) in [6.07, 6.45) is 6.05. The van der Waals surface area contributed by atoms with Gasteiger partial charge in [-0.3, -0.25) is 0 Å². The highest BCUT2D eigenvalue weighted by atomic mass is 32.2. The van der Waals surface area contributed by atoms with Gasteiger partial charge in [0, 0.05) is 31.0 Å². The highest BCUT2D eigenvalue weighted by molar-refractivity contribution is 7.89. The van der Waals surface area contributed by atoms with Gasteiger partial charge in [-0.25, -0.2) is 8.42 Å². The minimum absolute atomic E-state index is 0.0434. The zero-order chi connectivity index (χ0) is 14.5. The van der Waals surface area contributed by atoms with Crippen LogP contribution >= 0.6 is 0 Å². The van der Waals surface area contributed by atoms with Crippen LogP contribution in [0.5, 0.6) is 0 Å². The van der Waals surface area contributed by atoms with Crippen LogP contribution in [0.2, 0.25) is 0 Å². The van der Waals surface area contributed by atoms with E-state index >= 15 is 0 Å². The molecule has 1 atom stereocenters. The largest absolute Gasteiger partial charge is 0.390 e. The van der Waals surface area contributed by atoms with E-state index in [-0.39, 0.29) is 12.6 Å². The summed E-state index contributed by atoms with van der Waals surface area (Å²) in [5, 5.41) is 9.39. The lowest BCUT2D eigenvalue weighted by atomic mass is 10.2. The second-order valence-corrected chi connectivity index (χ2v) is 8.06. The third kappa shape index (κ3) is 2.40. The van der Waals surface area contributed by atoms with Gasteiger partial charge in [-0.15, -0.1) is 0 Å². The molecule has 6 heteroatoms. The van der Waals surface area contributed by atoms with E-state index in [0.717, 1.165) is 25.7 Å². The van der Waals surface area contributed by atoms with Crippen molar-refractivity contribution in [1.29, 1.82) is 0 Å². The van der Waals surface area contributed by atoms with E-state index < -0.39 is 10.0 Å². The molecular formula is C14H22N2O3S. The second-order valence-electron chi connectivity index (χ2n) is 6.06. The van der Waals surface area contributed by atoms with E-state index in [1.165, 1.54) is 4.31 Å². The number of hydrogen-bond acceptors (Lipinski definition) is 3. The van der Waals surface area contributed by atoms with Gasteiger partial charge in [0.05, 0.1) is 6.61 Å². The fraction of sp³-hybridized carbons (Fsp3) is 0.714. The van der Waals surface area contributed by atoms with Gasteiger partial charge in [-0.05, 0) is 44.6 Å². The lowest BCUT2D eigenvalue weighted by molar-refractivity contribution is 0.270. The summed E-state index contributed by atoms with van der Waals surface area (Å²) in [5.74, 6) is 0.498. The predicted molar refractivity (Wildman–Crippen MR) is 75.8 cm³/mol. The van der Waals surface area contributed by atoms with Gasteiger partial charge < -0.3 is 9.67 Å². The summed E-state index contributed by atoms with van der Waals surface area (Å²) < 4.78 is 28.7. The fourth-order valence-electron chi connectivity index (χ4n) is 2.72. The molecule has 0 aromatic carbocycles. The van der Waals surface area contributed by atoms with Crippen LogP contribution in [0.4, 0.5) is 0 Å². The van der Waals surface area contributed by atoms with Crippen LogP contribution in [0.1, 0.15) is 44.3 Å². The molecule has 0 aliphatic heterocycles. The minimum Gasteiger partial charge on any atom is -0.390 e. The third-order valence-corrected chi connectivity index (χ3v) is 6.47. The zero-order valence-electron chi connectivity index (χ0n) is 12.0. The molecule has 1 heterocycles. The number of aliphatic hydroxyl groups excluding tert-OH is 1. The summed E-state index contributed by atoms with van der Waals surface area (Å²) in [6.45, 7) is 1.86. The second kappa shape index (κ2) is 4.86. The molecule has 3 rings (SSSR count). The quantitative estimate of drug-likeness (QED) is 0.870. The summed E-state index contributed by atoms with van der Waals surface area (Å²) >= 11 is 0. The van der Waals surface area contributed by atoms with Crippen molar-refractivity contribution in [1.82, 2.24) is 8.87 Å². The van der Waals surface area contributed by atoms with Crippen LogP contribution in [0.25, 0.3) is 0 Å². The van der Waals surface area contributed by atoms with Gasteiger partial charge >= 0.3 is 0 Å². The SMILES string of the molecule is CC(C1CC1)N(C)S(=O)(=O)c1cc(CO)n(C2CC2)c1. The molecule has 2 aliphatic rings. The van der Waals surface area contributed by atoms with Crippen molar-refractivity contribution in [2.24, 2.45) is 5.92 Å². The summed E-state index contributed by atoms with van der Waals surface area (Å²) in [6, 6.07) is 2.03. The van der Waals surface area contributed by atoms with Gasteiger partial charge in [-0.1, -0.05) is 0 Å². The lowest BCUT2D eigenvalue weighted by Gasteiger charge is -2.23. The third-order valence-electron chi connectivity index (χ3n) is 4.56. The Morgan fingerprint density at radius 3 is 2.55 bits per heavy atom. The molecule has 1 N–H and O–H groups in total. The van der Waals surface area contributed by atoms with Gasteiger partial charge in [0.1, 0.15) is 4.90 Å². The summed E-state index contributed by atoms with van der Waals surface area (Å²) in [5.41, 5.74) is 0.693. The average Bonchev–Trinajstić information content (AvgIpc) is 3.33. The van der Waals surface area contributed by atoms with Crippen LogP contribution in [0.3, 0.4) is 0 Å². The fourth-order valence-corrected chi connectivity index (χ4v) is 4.19. The van der Waals surface area contributed by atoms with Crippen LogP contribution in [-0.2, 0) is 16.6 Å². The first-order chi connectivity index (χ1) is 9.45. The maximum atomic E-state index is 12.7. The number of hydrogen-bond donors (Lipinski definition) is 1. The standard InChI is InChI=1S/C14H22N2O3S/c1-10(11-3-4-11)15(2)20(18,19)14-7-13(9-17)16(8-14)12-5-6-12/h7-8,10-12,17H,3-6,9H2,1-2H3. The van der Waals surface area contributed by atoms with Crippen LogP contribution in [0.15, 0.2) is 17.2 Å². The molecule has 112 valence electrons. The molecule has 5 nitrogen and oxygen atoms in total. The molecule has 2 saturated carbocycles. The number of rotatable bonds is 6. The molecule has 0 spiro atoms. The van der Waals surface area contributed by atoms with Crippen molar-refractivity contribution < 1.29 is 13.5 Å². The zero-order valence-corrected chi connectivity index (χ0v) is 12.8. The van der Waals surface area contributed by atoms with Crippen LogP contribution < -0.4 is 0 Å². The Kier molecular flexibility index (Phi) is 3.43. The molecule has 1 aromatic rings. The number of aromatic nitrogens is 1. The van der Waals surface area contributed by atoms with E-state index in [4.69, 9.17) is 0 Å². The Morgan fingerprint density at radius 1 is 1.40 bits per heavy atom. The monoisotopic (exact) mass is 298 g/mol. The van der Waals surface area contributed by atoms with Gasteiger partial charge in [0.25, 0.3) is 0 Å². The van der Waals surface area contributed by atoms with Crippen LogP contribution in [-0.4, -0.2) is 35.5 Å². The first kappa shape index (κ1) is 14.1. The molecule has 0 amide bonds. The summed E-state index contributed by atoms with van der Waals surface area (Å²) in [4.78, 5) is 0.309. The molecule has 0 radical (unpaired) electrons. The van der Waals surface area contributed by atoms with Crippen molar-refractivity contribution >= 4 is 10.0 Å². The molecular weight excluding hydrogens is 276 g/mol. The molecule has 2 aliphatic carbocycles. The molecule has 1 aromatic heterocycles. The van der Waals surface area contributed by atoms with E-state index in [9.17, 15) is 13.5 Å². The van der Waals surface area contributed by atoms with Crippen molar-refractivity contribution in [3.05, 3.63) is 18.0 Å². The smallest absolute Gasteiger partial charge is 0.244 e. The van der Waals surface area contributed by atoms with E-state index in [2.05, 4.69) is 0 Å².